The number of nitrogens with zero attached hydrogens (tertiary/aromatic N) is 2. The first-order valence-corrected chi connectivity index (χ1v) is 10.1. The zero-order chi connectivity index (χ0) is 19.2. The van der Waals surface area contributed by atoms with Crippen molar-refractivity contribution in [3.05, 3.63) is 58.5 Å². The van der Waals surface area contributed by atoms with Gasteiger partial charge in [0.15, 0.2) is 0 Å². The standard InChI is InChI=1S/C21H24BrN3O2/c1-3-4-5-6-13-27-18-10-8-17(9-11-18)24-21(26)20-15(2)23-19-12-7-16(22)14-25(19)20/h7-12,14H,3-6,13H2,1-2H3,(H,24,26). The van der Waals surface area contributed by atoms with E-state index in [9.17, 15) is 4.79 Å². The van der Waals surface area contributed by atoms with Crippen molar-refractivity contribution < 1.29 is 9.53 Å². The number of carbonyl (C=O) groups is 1. The van der Waals surface area contributed by atoms with E-state index in [0.29, 0.717) is 11.4 Å². The van der Waals surface area contributed by atoms with Crippen molar-refractivity contribution in [3.8, 4) is 5.75 Å². The van der Waals surface area contributed by atoms with Gasteiger partial charge in [-0.05, 0) is 65.7 Å². The number of anilines is 1. The molecule has 6 heteroatoms. The quantitative estimate of drug-likeness (QED) is 0.472. The summed E-state index contributed by atoms with van der Waals surface area (Å²) in [6, 6.07) is 11.3. The van der Waals surface area contributed by atoms with Gasteiger partial charge >= 0.3 is 0 Å². The summed E-state index contributed by atoms with van der Waals surface area (Å²) in [5.74, 6) is 0.630. The van der Waals surface area contributed by atoms with Crippen LogP contribution in [0.25, 0.3) is 5.65 Å². The fourth-order valence-electron chi connectivity index (χ4n) is 2.95. The molecule has 142 valence electrons. The number of imidazole rings is 1. The highest BCUT2D eigenvalue weighted by Gasteiger charge is 2.17. The first kappa shape index (κ1) is 19.4. The zero-order valence-electron chi connectivity index (χ0n) is 15.7. The number of amides is 1. The Bertz CT molecular complexity index is 919. The Kier molecular flexibility index (Phi) is 6.50. The van der Waals surface area contributed by atoms with E-state index in [1.807, 2.05) is 49.5 Å². The minimum absolute atomic E-state index is 0.189. The van der Waals surface area contributed by atoms with E-state index < -0.39 is 0 Å². The molecule has 3 rings (SSSR count). The molecule has 0 fully saturated rings. The third kappa shape index (κ3) is 4.89. The molecule has 0 unspecified atom stereocenters. The van der Waals surface area contributed by atoms with E-state index in [4.69, 9.17) is 4.74 Å². The summed E-state index contributed by atoms with van der Waals surface area (Å²) in [5, 5.41) is 2.94. The molecular formula is C21H24BrN3O2. The number of hydrogen-bond acceptors (Lipinski definition) is 3. The van der Waals surface area contributed by atoms with Crippen molar-refractivity contribution in [2.75, 3.05) is 11.9 Å². The van der Waals surface area contributed by atoms with Gasteiger partial charge in [0.1, 0.15) is 17.1 Å². The van der Waals surface area contributed by atoms with Crippen LogP contribution in [0.15, 0.2) is 47.1 Å². The molecule has 0 saturated heterocycles. The first-order valence-electron chi connectivity index (χ1n) is 9.27. The highest BCUT2D eigenvalue weighted by atomic mass is 79.9. The molecule has 2 aromatic heterocycles. The summed E-state index contributed by atoms with van der Waals surface area (Å²) in [7, 11) is 0. The molecular weight excluding hydrogens is 406 g/mol. The smallest absolute Gasteiger partial charge is 0.274 e. The molecule has 1 amide bonds. The van der Waals surface area contributed by atoms with Crippen LogP contribution in [0.3, 0.4) is 0 Å². The average molecular weight is 430 g/mol. The number of rotatable bonds is 8. The second-order valence-electron chi connectivity index (χ2n) is 6.51. The number of halogens is 1. The molecule has 0 bridgehead atoms. The predicted octanol–water partition coefficient (Wildman–Crippen LogP) is 5.62. The Morgan fingerprint density at radius 3 is 2.67 bits per heavy atom. The number of pyridine rings is 1. The summed E-state index contributed by atoms with van der Waals surface area (Å²) in [5.41, 5.74) is 2.69. The van der Waals surface area contributed by atoms with E-state index in [0.717, 1.165) is 34.6 Å². The second-order valence-corrected chi connectivity index (χ2v) is 7.42. The lowest BCUT2D eigenvalue weighted by molar-refractivity contribution is 0.102. The maximum Gasteiger partial charge on any atom is 0.274 e. The SMILES string of the molecule is CCCCCCOc1ccc(NC(=O)c2c(C)nc3ccc(Br)cn23)cc1. The average Bonchev–Trinajstić information content (AvgIpc) is 2.98. The van der Waals surface area contributed by atoms with Crippen LogP contribution >= 0.6 is 15.9 Å². The molecule has 27 heavy (non-hydrogen) atoms. The number of benzene rings is 1. The van der Waals surface area contributed by atoms with Gasteiger partial charge in [0, 0.05) is 16.4 Å². The molecule has 3 aromatic rings. The van der Waals surface area contributed by atoms with Crippen molar-refractivity contribution in [2.24, 2.45) is 0 Å². The molecule has 0 spiro atoms. The van der Waals surface area contributed by atoms with Crippen LogP contribution in [0.5, 0.6) is 5.75 Å². The third-order valence-electron chi connectivity index (χ3n) is 4.35. The third-order valence-corrected chi connectivity index (χ3v) is 4.82. The van der Waals surface area contributed by atoms with Crippen LogP contribution in [0.1, 0.15) is 48.8 Å². The Morgan fingerprint density at radius 1 is 1.15 bits per heavy atom. The second kappa shape index (κ2) is 9.04. The lowest BCUT2D eigenvalue weighted by atomic mass is 10.2. The van der Waals surface area contributed by atoms with Crippen LogP contribution < -0.4 is 10.1 Å². The Hall–Kier alpha value is -2.34. The van der Waals surface area contributed by atoms with Crippen molar-refractivity contribution in [3.63, 3.8) is 0 Å². The molecule has 1 N–H and O–H groups in total. The minimum atomic E-state index is -0.189. The largest absolute Gasteiger partial charge is 0.494 e. The number of fused-ring (bicyclic) bond motifs is 1. The minimum Gasteiger partial charge on any atom is -0.494 e. The predicted molar refractivity (Wildman–Crippen MR) is 112 cm³/mol. The number of hydrogen-bond donors (Lipinski definition) is 1. The van der Waals surface area contributed by atoms with E-state index in [2.05, 4.69) is 33.2 Å². The Morgan fingerprint density at radius 2 is 1.93 bits per heavy atom. The van der Waals surface area contributed by atoms with Gasteiger partial charge in [-0.3, -0.25) is 9.20 Å². The highest BCUT2D eigenvalue weighted by Crippen LogP contribution is 2.20. The van der Waals surface area contributed by atoms with Gasteiger partial charge in [0.25, 0.3) is 5.91 Å². The van der Waals surface area contributed by atoms with Crippen LogP contribution in [0.2, 0.25) is 0 Å². The Balaban J connectivity index is 1.65. The van der Waals surface area contributed by atoms with Gasteiger partial charge in [-0.2, -0.15) is 0 Å². The van der Waals surface area contributed by atoms with Crippen molar-refractivity contribution in [1.82, 2.24) is 9.38 Å². The number of aromatic nitrogens is 2. The van der Waals surface area contributed by atoms with Gasteiger partial charge in [0.05, 0.1) is 12.3 Å². The normalized spacial score (nSPS) is 10.9. The van der Waals surface area contributed by atoms with Gasteiger partial charge in [0.2, 0.25) is 0 Å². The molecule has 2 heterocycles. The number of unbranched alkanes of at least 4 members (excludes halogenated alkanes) is 3. The fraction of sp³-hybridized carbons (Fsp3) is 0.333. The fourth-order valence-corrected chi connectivity index (χ4v) is 3.29. The Labute approximate surface area is 167 Å². The van der Waals surface area contributed by atoms with Gasteiger partial charge in [-0.25, -0.2) is 4.98 Å². The van der Waals surface area contributed by atoms with Crippen LogP contribution in [-0.4, -0.2) is 21.9 Å². The highest BCUT2D eigenvalue weighted by molar-refractivity contribution is 9.10. The molecule has 5 nitrogen and oxygen atoms in total. The van der Waals surface area contributed by atoms with E-state index in [-0.39, 0.29) is 5.91 Å². The molecule has 0 aliphatic rings. The van der Waals surface area contributed by atoms with E-state index in [1.54, 1.807) is 4.40 Å². The van der Waals surface area contributed by atoms with Crippen LogP contribution in [0, 0.1) is 6.92 Å². The van der Waals surface area contributed by atoms with Crippen molar-refractivity contribution >= 4 is 33.2 Å². The van der Waals surface area contributed by atoms with Crippen LogP contribution in [-0.2, 0) is 0 Å². The summed E-state index contributed by atoms with van der Waals surface area (Å²) in [6.07, 6.45) is 6.57. The molecule has 0 aliphatic heterocycles. The molecule has 0 saturated carbocycles. The summed E-state index contributed by atoms with van der Waals surface area (Å²) in [6.45, 7) is 4.76. The maximum absolute atomic E-state index is 12.8. The molecule has 1 aromatic carbocycles. The van der Waals surface area contributed by atoms with Crippen LogP contribution in [0.4, 0.5) is 5.69 Å². The van der Waals surface area contributed by atoms with Gasteiger partial charge in [-0.1, -0.05) is 26.2 Å². The summed E-state index contributed by atoms with van der Waals surface area (Å²) >= 11 is 3.44. The number of ether oxygens (including phenoxy) is 1. The zero-order valence-corrected chi connectivity index (χ0v) is 17.3. The lowest BCUT2D eigenvalue weighted by Gasteiger charge is -2.09. The van der Waals surface area contributed by atoms with Crippen molar-refractivity contribution in [1.29, 1.82) is 0 Å². The van der Waals surface area contributed by atoms with Crippen molar-refractivity contribution in [2.45, 2.75) is 39.5 Å². The first-order chi connectivity index (χ1) is 13.1. The maximum atomic E-state index is 12.8. The monoisotopic (exact) mass is 429 g/mol. The number of nitrogens with one attached hydrogen (secondary N) is 1. The van der Waals surface area contributed by atoms with E-state index in [1.165, 1.54) is 19.3 Å². The molecule has 0 atom stereocenters. The topological polar surface area (TPSA) is 55.6 Å². The summed E-state index contributed by atoms with van der Waals surface area (Å²) in [4.78, 5) is 17.2. The van der Waals surface area contributed by atoms with Gasteiger partial charge in [-0.15, -0.1) is 0 Å². The number of carbonyl (C=O) groups excluding carboxylic acids is 1. The molecule has 0 aliphatic carbocycles. The molecule has 0 radical (unpaired) electrons. The summed E-state index contributed by atoms with van der Waals surface area (Å²) < 4.78 is 8.43. The number of aryl methyl sites for hydroxylation is 1. The van der Waals surface area contributed by atoms with Gasteiger partial charge < -0.3 is 10.1 Å². The van der Waals surface area contributed by atoms with E-state index >= 15 is 0 Å². The lowest BCUT2D eigenvalue weighted by Crippen LogP contribution is -2.15.